The third-order valence-corrected chi connectivity index (χ3v) is 4.02. The Balaban J connectivity index is 1.88. The smallest absolute Gasteiger partial charge is 0.238 e. The van der Waals surface area contributed by atoms with E-state index in [1.165, 1.54) is 6.07 Å². The number of carbonyl (C=O) groups excluding carboxylic acids is 1. The number of benzene rings is 2. The van der Waals surface area contributed by atoms with Crippen LogP contribution in [0.25, 0.3) is 0 Å². The highest BCUT2D eigenvalue weighted by molar-refractivity contribution is 7.98. The van der Waals surface area contributed by atoms with E-state index in [0.717, 1.165) is 10.6 Å². The Labute approximate surface area is 134 Å². The zero-order chi connectivity index (χ0) is 15.9. The molecule has 2 aromatic rings. The monoisotopic (exact) mass is 318 g/mol. The van der Waals surface area contributed by atoms with Crippen LogP contribution in [0, 0.1) is 5.82 Å². The van der Waals surface area contributed by atoms with Crippen molar-refractivity contribution < 1.29 is 9.18 Å². The molecule has 3 nitrogen and oxygen atoms in total. The van der Waals surface area contributed by atoms with Crippen LogP contribution in [0.2, 0.25) is 0 Å². The number of halogens is 1. The summed E-state index contributed by atoms with van der Waals surface area (Å²) >= 11 is 1.62. The van der Waals surface area contributed by atoms with Gasteiger partial charge in [-0.15, -0.1) is 11.8 Å². The molecule has 0 aliphatic rings. The van der Waals surface area contributed by atoms with Crippen LogP contribution in [0.15, 0.2) is 53.4 Å². The summed E-state index contributed by atoms with van der Waals surface area (Å²) < 4.78 is 13.7. The minimum absolute atomic E-state index is 0.124. The first-order valence-electron chi connectivity index (χ1n) is 7.02. The van der Waals surface area contributed by atoms with Crippen LogP contribution < -0.4 is 10.6 Å². The fourth-order valence-electron chi connectivity index (χ4n) is 2.09. The van der Waals surface area contributed by atoms with E-state index in [2.05, 4.69) is 10.6 Å². The van der Waals surface area contributed by atoms with Crippen molar-refractivity contribution in [3.8, 4) is 0 Å². The van der Waals surface area contributed by atoms with Gasteiger partial charge in [-0.1, -0.05) is 24.3 Å². The molecule has 0 aromatic heterocycles. The van der Waals surface area contributed by atoms with Gasteiger partial charge in [0.05, 0.1) is 6.54 Å². The quantitative estimate of drug-likeness (QED) is 0.795. The van der Waals surface area contributed by atoms with E-state index >= 15 is 0 Å². The average Bonchev–Trinajstić information content (AvgIpc) is 2.53. The molecule has 0 saturated carbocycles. The minimum atomic E-state index is -0.268. The Kier molecular flexibility index (Phi) is 5.98. The lowest BCUT2D eigenvalue weighted by Gasteiger charge is -2.15. The predicted octanol–water partition coefficient (Wildman–Crippen LogP) is 3.84. The summed E-state index contributed by atoms with van der Waals surface area (Å²) in [7, 11) is 0. The molecule has 1 atom stereocenters. The Morgan fingerprint density at radius 3 is 2.73 bits per heavy atom. The van der Waals surface area contributed by atoms with Gasteiger partial charge in [-0.2, -0.15) is 0 Å². The fourth-order valence-corrected chi connectivity index (χ4v) is 2.55. The van der Waals surface area contributed by atoms with Gasteiger partial charge in [0.2, 0.25) is 5.91 Å². The molecule has 0 aliphatic carbocycles. The molecule has 0 radical (unpaired) electrons. The highest BCUT2D eigenvalue weighted by atomic mass is 32.2. The van der Waals surface area contributed by atoms with Crippen molar-refractivity contribution in [1.82, 2.24) is 5.32 Å². The van der Waals surface area contributed by atoms with Crippen molar-refractivity contribution in [1.29, 1.82) is 0 Å². The Bertz CT molecular complexity index is 648. The molecule has 0 heterocycles. The first-order chi connectivity index (χ1) is 10.6. The van der Waals surface area contributed by atoms with Crippen LogP contribution in [0.1, 0.15) is 18.5 Å². The molecule has 0 bridgehead atoms. The molecule has 2 rings (SSSR count). The maximum Gasteiger partial charge on any atom is 0.238 e. The van der Waals surface area contributed by atoms with Crippen LogP contribution in [-0.4, -0.2) is 18.7 Å². The molecular formula is C17H19FN2OS. The normalized spacial score (nSPS) is 12.0. The molecule has 0 saturated heterocycles. The molecule has 0 fully saturated rings. The Morgan fingerprint density at radius 2 is 2.00 bits per heavy atom. The van der Waals surface area contributed by atoms with Crippen LogP contribution >= 0.6 is 11.8 Å². The number of rotatable bonds is 6. The van der Waals surface area contributed by atoms with Gasteiger partial charge in [0, 0.05) is 22.2 Å². The molecule has 0 spiro atoms. The molecule has 22 heavy (non-hydrogen) atoms. The number of hydrogen-bond acceptors (Lipinski definition) is 3. The molecule has 116 valence electrons. The topological polar surface area (TPSA) is 41.1 Å². The van der Waals surface area contributed by atoms with Gasteiger partial charge in [-0.3, -0.25) is 4.79 Å². The van der Waals surface area contributed by atoms with Crippen LogP contribution in [-0.2, 0) is 4.79 Å². The lowest BCUT2D eigenvalue weighted by atomic mass is 10.1. The van der Waals surface area contributed by atoms with E-state index in [9.17, 15) is 9.18 Å². The molecule has 1 amide bonds. The summed E-state index contributed by atoms with van der Waals surface area (Å²) in [5, 5.41) is 5.86. The molecule has 0 aliphatic heterocycles. The van der Waals surface area contributed by atoms with Gasteiger partial charge in [0.1, 0.15) is 5.82 Å². The van der Waals surface area contributed by atoms with E-state index < -0.39 is 0 Å². The number of carbonyl (C=O) groups is 1. The number of nitrogens with one attached hydrogen (secondary N) is 2. The van der Waals surface area contributed by atoms with E-state index in [1.54, 1.807) is 30.0 Å². The van der Waals surface area contributed by atoms with Crippen molar-refractivity contribution >= 4 is 23.4 Å². The first-order valence-corrected chi connectivity index (χ1v) is 8.24. The fraction of sp³-hybridized carbons (Fsp3) is 0.235. The maximum atomic E-state index is 13.7. The minimum Gasteiger partial charge on any atom is -0.325 e. The molecule has 5 heteroatoms. The number of thioether (sulfide) groups is 1. The maximum absolute atomic E-state index is 13.7. The van der Waals surface area contributed by atoms with Gasteiger partial charge in [-0.05, 0) is 37.4 Å². The van der Waals surface area contributed by atoms with Crippen molar-refractivity contribution in [2.75, 3.05) is 18.1 Å². The predicted molar refractivity (Wildman–Crippen MR) is 89.7 cm³/mol. The lowest BCUT2D eigenvalue weighted by Crippen LogP contribution is -2.30. The first kappa shape index (κ1) is 16.5. The zero-order valence-corrected chi connectivity index (χ0v) is 13.4. The Hall–Kier alpha value is -1.85. The standard InChI is InChI=1S/C17H19FN2OS/c1-12(15-8-3-4-9-16(15)18)19-11-17(21)20-13-6-5-7-14(10-13)22-2/h3-10,12,19H,11H2,1-2H3,(H,20,21). The van der Waals surface area contributed by atoms with Gasteiger partial charge in [-0.25, -0.2) is 4.39 Å². The van der Waals surface area contributed by atoms with Gasteiger partial charge >= 0.3 is 0 Å². The van der Waals surface area contributed by atoms with Crippen molar-refractivity contribution in [3.05, 3.63) is 59.9 Å². The highest BCUT2D eigenvalue weighted by Crippen LogP contribution is 2.19. The molecule has 2 N–H and O–H groups in total. The summed E-state index contributed by atoms with van der Waals surface area (Å²) in [4.78, 5) is 13.0. The second kappa shape index (κ2) is 7.96. The zero-order valence-electron chi connectivity index (χ0n) is 12.6. The Morgan fingerprint density at radius 1 is 1.23 bits per heavy atom. The van der Waals surface area contributed by atoms with Gasteiger partial charge < -0.3 is 10.6 Å². The third-order valence-electron chi connectivity index (χ3n) is 3.29. The molecule has 2 aromatic carbocycles. The average molecular weight is 318 g/mol. The second-order valence-corrected chi connectivity index (χ2v) is 5.78. The van der Waals surface area contributed by atoms with Crippen molar-refractivity contribution in [2.24, 2.45) is 0 Å². The van der Waals surface area contributed by atoms with E-state index in [-0.39, 0.29) is 24.3 Å². The van der Waals surface area contributed by atoms with Crippen LogP contribution in [0.3, 0.4) is 0 Å². The summed E-state index contributed by atoms with van der Waals surface area (Å²) in [5.74, 6) is -0.419. The number of amides is 1. The van der Waals surface area contributed by atoms with Gasteiger partial charge in [0.15, 0.2) is 0 Å². The summed E-state index contributed by atoms with van der Waals surface area (Å²) in [6.45, 7) is 1.96. The van der Waals surface area contributed by atoms with Crippen LogP contribution in [0.4, 0.5) is 10.1 Å². The van der Waals surface area contributed by atoms with Crippen molar-refractivity contribution in [3.63, 3.8) is 0 Å². The number of anilines is 1. The second-order valence-electron chi connectivity index (χ2n) is 4.90. The summed E-state index contributed by atoms with van der Waals surface area (Å²) in [5.41, 5.74) is 1.32. The molecule has 1 unspecified atom stereocenters. The van der Waals surface area contributed by atoms with Crippen molar-refractivity contribution in [2.45, 2.75) is 17.9 Å². The third kappa shape index (κ3) is 4.58. The largest absolute Gasteiger partial charge is 0.325 e. The van der Waals surface area contributed by atoms with E-state index in [1.807, 2.05) is 37.4 Å². The lowest BCUT2D eigenvalue weighted by molar-refractivity contribution is -0.115. The summed E-state index contributed by atoms with van der Waals surface area (Å²) in [6, 6.07) is 14.0. The van der Waals surface area contributed by atoms with E-state index in [4.69, 9.17) is 0 Å². The molecular weight excluding hydrogens is 299 g/mol. The number of hydrogen-bond donors (Lipinski definition) is 2. The highest BCUT2D eigenvalue weighted by Gasteiger charge is 2.11. The summed E-state index contributed by atoms with van der Waals surface area (Å²) in [6.07, 6.45) is 1.98. The van der Waals surface area contributed by atoms with Gasteiger partial charge in [0.25, 0.3) is 0 Å². The SMILES string of the molecule is CSc1cccc(NC(=O)CNC(C)c2ccccc2F)c1. The van der Waals surface area contributed by atoms with Crippen LogP contribution in [0.5, 0.6) is 0 Å². The van der Waals surface area contributed by atoms with E-state index in [0.29, 0.717) is 5.56 Å².